The summed E-state index contributed by atoms with van der Waals surface area (Å²) in [6, 6.07) is 24.6. The zero-order valence-electron chi connectivity index (χ0n) is 16.2. The van der Waals surface area contributed by atoms with Gasteiger partial charge in [-0.25, -0.2) is 0 Å². The van der Waals surface area contributed by atoms with E-state index in [4.69, 9.17) is 9.47 Å². The molecule has 1 heterocycles. The lowest BCUT2D eigenvalue weighted by molar-refractivity contribution is 0.415. The summed E-state index contributed by atoms with van der Waals surface area (Å²) in [6.45, 7) is 6.10. The van der Waals surface area contributed by atoms with E-state index in [-0.39, 0.29) is 0 Å². The molecule has 0 bridgehead atoms. The summed E-state index contributed by atoms with van der Waals surface area (Å²) < 4.78 is 12.8. The lowest BCUT2D eigenvalue weighted by atomic mass is 10.1. The fourth-order valence-electron chi connectivity index (χ4n) is 2.78. The summed E-state index contributed by atoms with van der Waals surface area (Å²) in [4.78, 5) is 1.13. The first kappa shape index (κ1) is 19.0. The van der Waals surface area contributed by atoms with E-state index in [2.05, 4.69) is 43.3 Å². The molecule has 0 aliphatic carbocycles. The number of fused-ring (bicyclic) bond motifs is 1. The molecule has 0 aliphatic heterocycles. The Balaban J connectivity index is 0.00000102. The Morgan fingerprint density at radius 2 is 1.48 bits per heavy atom. The van der Waals surface area contributed by atoms with Gasteiger partial charge in [-0.3, -0.25) is 0 Å². The molecule has 27 heavy (non-hydrogen) atoms. The molecule has 138 valence electrons. The van der Waals surface area contributed by atoms with Gasteiger partial charge < -0.3 is 9.47 Å². The lowest BCUT2D eigenvalue weighted by Crippen LogP contribution is -1.86. The van der Waals surface area contributed by atoms with Crippen molar-refractivity contribution in [3.63, 3.8) is 0 Å². The van der Waals surface area contributed by atoms with Gasteiger partial charge in [0.05, 0.1) is 12.0 Å². The number of rotatable bonds is 4. The molecule has 2 nitrogen and oxygen atoms in total. The Hall–Kier alpha value is -2.78. The Kier molecular flexibility index (Phi) is 6.15. The third-order valence-corrected chi connectivity index (χ3v) is 5.31. The molecular weight excluding hydrogens is 352 g/mol. The monoisotopic (exact) mass is 376 g/mol. The number of thiophene rings is 1. The van der Waals surface area contributed by atoms with Crippen molar-refractivity contribution in [2.75, 3.05) is 7.11 Å². The molecule has 0 aliphatic rings. The van der Waals surface area contributed by atoms with Crippen LogP contribution in [0.3, 0.4) is 0 Å². The minimum Gasteiger partial charge on any atom is -0.497 e. The maximum atomic E-state index is 6.29. The second kappa shape index (κ2) is 8.74. The van der Waals surface area contributed by atoms with Crippen LogP contribution in [0, 0.1) is 6.92 Å². The van der Waals surface area contributed by atoms with Crippen molar-refractivity contribution in [3.8, 4) is 27.7 Å². The number of hydrogen-bond donors (Lipinski definition) is 0. The van der Waals surface area contributed by atoms with Crippen LogP contribution in [0.2, 0.25) is 0 Å². The number of hydrogen-bond acceptors (Lipinski definition) is 3. The summed E-state index contributed by atoms with van der Waals surface area (Å²) >= 11 is 1.73. The maximum Gasteiger partial charge on any atom is 0.153 e. The van der Waals surface area contributed by atoms with Crippen molar-refractivity contribution in [2.45, 2.75) is 20.8 Å². The predicted octanol–water partition coefficient (Wildman–Crippen LogP) is 7.70. The summed E-state index contributed by atoms with van der Waals surface area (Å²) in [5.41, 5.74) is 2.41. The standard InChI is InChI=1S/C22H18O2S.C2H6/c1-15-8-10-16(11-9-15)22-21(24-17-6-4-3-5-7-17)19-13-12-18(23-2)14-20(19)25-22;1-2/h3-14H,1-2H3;1-2H3. The van der Waals surface area contributed by atoms with Crippen LogP contribution in [0.5, 0.6) is 17.2 Å². The van der Waals surface area contributed by atoms with E-state index in [1.54, 1.807) is 18.4 Å². The highest BCUT2D eigenvalue weighted by Crippen LogP contribution is 2.47. The third kappa shape index (κ3) is 4.15. The highest BCUT2D eigenvalue weighted by Gasteiger charge is 2.17. The van der Waals surface area contributed by atoms with Crippen LogP contribution in [0.1, 0.15) is 19.4 Å². The zero-order chi connectivity index (χ0) is 19.2. The molecule has 4 aromatic rings. The second-order valence-electron chi connectivity index (χ2n) is 5.90. The molecule has 0 amide bonds. The molecule has 0 saturated carbocycles. The number of ether oxygens (including phenoxy) is 2. The first-order chi connectivity index (χ1) is 13.2. The van der Waals surface area contributed by atoms with Gasteiger partial charge in [0.2, 0.25) is 0 Å². The quantitative estimate of drug-likeness (QED) is 0.363. The highest BCUT2D eigenvalue weighted by molar-refractivity contribution is 7.22. The molecule has 0 unspecified atom stereocenters. The average molecular weight is 377 g/mol. The molecule has 0 atom stereocenters. The van der Waals surface area contributed by atoms with E-state index < -0.39 is 0 Å². The molecule has 0 fully saturated rings. The van der Waals surface area contributed by atoms with E-state index in [0.717, 1.165) is 37.8 Å². The normalized spacial score (nSPS) is 10.2. The smallest absolute Gasteiger partial charge is 0.153 e. The predicted molar refractivity (Wildman–Crippen MR) is 116 cm³/mol. The van der Waals surface area contributed by atoms with Crippen LogP contribution < -0.4 is 9.47 Å². The maximum absolute atomic E-state index is 6.29. The van der Waals surface area contributed by atoms with Crippen molar-refractivity contribution in [3.05, 3.63) is 78.4 Å². The van der Waals surface area contributed by atoms with E-state index in [1.165, 1.54) is 5.56 Å². The summed E-state index contributed by atoms with van der Waals surface area (Å²) in [5, 5.41) is 1.10. The minimum absolute atomic E-state index is 0.839. The largest absolute Gasteiger partial charge is 0.497 e. The minimum atomic E-state index is 0.839. The van der Waals surface area contributed by atoms with Crippen molar-refractivity contribution in [2.24, 2.45) is 0 Å². The van der Waals surface area contributed by atoms with Crippen LogP contribution in [-0.2, 0) is 0 Å². The topological polar surface area (TPSA) is 18.5 Å². The Morgan fingerprint density at radius 3 is 2.15 bits per heavy atom. The highest BCUT2D eigenvalue weighted by atomic mass is 32.1. The molecule has 3 aromatic carbocycles. The molecule has 0 saturated heterocycles. The molecule has 1 aromatic heterocycles. The van der Waals surface area contributed by atoms with Crippen LogP contribution in [0.25, 0.3) is 20.5 Å². The summed E-state index contributed by atoms with van der Waals surface area (Å²) in [6.07, 6.45) is 0. The summed E-state index contributed by atoms with van der Waals surface area (Å²) in [5.74, 6) is 2.60. The number of para-hydroxylation sites is 1. The summed E-state index contributed by atoms with van der Waals surface area (Å²) in [7, 11) is 1.69. The van der Waals surface area contributed by atoms with Gasteiger partial charge >= 0.3 is 0 Å². The van der Waals surface area contributed by atoms with Gasteiger partial charge in [0.1, 0.15) is 11.5 Å². The fraction of sp³-hybridized carbons (Fsp3) is 0.167. The van der Waals surface area contributed by atoms with Crippen molar-refractivity contribution < 1.29 is 9.47 Å². The van der Waals surface area contributed by atoms with Crippen molar-refractivity contribution in [1.29, 1.82) is 0 Å². The molecule has 0 spiro atoms. The Bertz CT molecular complexity index is 1000. The van der Waals surface area contributed by atoms with Gasteiger partial charge in [-0.2, -0.15) is 0 Å². The van der Waals surface area contributed by atoms with Crippen molar-refractivity contribution >= 4 is 21.4 Å². The van der Waals surface area contributed by atoms with Gasteiger partial charge in [0.25, 0.3) is 0 Å². The first-order valence-corrected chi connectivity index (χ1v) is 9.97. The third-order valence-electron chi connectivity index (χ3n) is 4.13. The Labute approximate surface area is 165 Å². The van der Waals surface area contributed by atoms with Crippen molar-refractivity contribution in [1.82, 2.24) is 0 Å². The second-order valence-corrected chi connectivity index (χ2v) is 6.96. The fourth-order valence-corrected chi connectivity index (χ4v) is 3.95. The van der Waals surface area contributed by atoms with Crippen LogP contribution in [0.15, 0.2) is 72.8 Å². The van der Waals surface area contributed by atoms with Gasteiger partial charge in [-0.1, -0.05) is 61.9 Å². The molecule has 0 radical (unpaired) electrons. The number of methoxy groups -OCH3 is 1. The van der Waals surface area contributed by atoms with Crippen LogP contribution in [-0.4, -0.2) is 7.11 Å². The van der Waals surface area contributed by atoms with E-state index in [0.29, 0.717) is 0 Å². The zero-order valence-corrected chi connectivity index (χ0v) is 17.0. The van der Waals surface area contributed by atoms with Gasteiger partial charge in [0.15, 0.2) is 5.75 Å². The first-order valence-electron chi connectivity index (χ1n) is 9.15. The number of benzene rings is 3. The van der Waals surface area contributed by atoms with Gasteiger partial charge in [-0.15, -0.1) is 11.3 Å². The molecule has 0 N–H and O–H groups in total. The van der Waals surface area contributed by atoms with Gasteiger partial charge in [0, 0.05) is 10.1 Å². The van der Waals surface area contributed by atoms with Crippen LogP contribution in [0.4, 0.5) is 0 Å². The van der Waals surface area contributed by atoms with E-state index in [9.17, 15) is 0 Å². The Morgan fingerprint density at radius 1 is 0.778 bits per heavy atom. The molecule has 3 heteroatoms. The van der Waals surface area contributed by atoms with Crippen LogP contribution >= 0.6 is 11.3 Å². The van der Waals surface area contributed by atoms with E-state index in [1.807, 2.05) is 50.2 Å². The van der Waals surface area contributed by atoms with Gasteiger partial charge in [-0.05, 0) is 42.8 Å². The van der Waals surface area contributed by atoms with E-state index >= 15 is 0 Å². The lowest BCUT2D eigenvalue weighted by Gasteiger charge is -2.08. The number of aryl methyl sites for hydroxylation is 1. The SMILES string of the molecule is CC.COc1ccc2c(Oc3ccccc3)c(-c3ccc(C)cc3)sc2c1. The molecular formula is C24H24O2S. The molecule has 4 rings (SSSR count). The average Bonchev–Trinajstić information content (AvgIpc) is 3.08.